The molecule has 1 N–H and O–H groups in total. The number of amides is 2. The number of carbonyl (C=O) groups is 3. The Bertz CT molecular complexity index is 543. The number of benzene rings is 1. The molecule has 0 unspecified atom stereocenters. The summed E-state index contributed by atoms with van der Waals surface area (Å²) in [5, 5.41) is 2.77. The van der Waals surface area contributed by atoms with Crippen LogP contribution in [0.5, 0.6) is 0 Å². The first-order valence-electron chi connectivity index (χ1n) is 7.22. The predicted octanol–water partition coefficient (Wildman–Crippen LogP) is 1.74. The molecule has 0 aliphatic heterocycles. The van der Waals surface area contributed by atoms with E-state index >= 15 is 0 Å². The number of hydrogen-bond acceptors (Lipinski definition) is 4. The Balaban J connectivity index is 2.81. The fourth-order valence-corrected chi connectivity index (χ4v) is 1.95. The molecule has 6 heteroatoms. The number of ether oxygens (including phenoxy) is 1. The van der Waals surface area contributed by atoms with E-state index in [4.69, 9.17) is 0 Å². The van der Waals surface area contributed by atoms with Crippen LogP contribution in [0.3, 0.4) is 0 Å². The summed E-state index contributed by atoms with van der Waals surface area (Å²) in [6, 6.07) is 6.59. The quantitative estimate of drug-likeness (QED) is 0.779. The summed E-state index contributed by atoms with van der Waals surface area (Å²) >= 11 is 0. The van der Waals surface area contributed by atoms with Crippen LogP contribution in [0.15, 0.2) is 24.3 Å². The summed E-state index contributed by atoms with van der Waals surface area (Å²) in [5.74, 6) is -0.756. The van der Waals surface area contributed by atoms with Gasteiger partial charge in [0.25, 0.3) is 0 Å². The average Bonchev–Trinajstić information content (AvgIpc) is 2.52. The maximum Gasteiger partial charge on any atom is 0.337 e. The third-order valence-corrected chi connectivity index (χ3v) is 3.09. The number of rotatable bonds is 7. The molecule has 0 aromatic heterocycles. The lowest BCUT2D eigenvalue weighted by molar-refractivity contribution is -0.121. The number of nitrogens with one attached hydrogen (secondary N) is 1. The third kappa shape index (κ3) is 5.20. The highest BCUT2D eigenvalue weighted by atomic mass is 16.5. The van der Waals surface area contributed by atoms with Gasteiger partial charge in [0.1, 0.15) is 0 Å². The number of carbonyl (C=O) groups excluding carboxylic acids is 3. The molecule has 0 fully saturated rings. The van der Waals surface area contributed by atoms with Gasteiger partial charge in [0, 0.05) is 32.1 Å². The lowest BCUT2D eigenvalue weighted by Gasteiger charge is -2.21. The molecule has 6 nitrogen and oxygen atoms in total. The maximum absolute atomic E-state index is 11.8. The van der Waals surface area contributed by atoms with Crippen molar-refractivity contribution in [1.82, 2.24) is 5.32 Å². The minimum atomic E-state index is -0.467. The lowest BCUT2D eigenvalue weighted by Crippen LogP contribution is -2.34. The van der Waals surface area contributed by atoms with Crippen molar-refractivity contribution < 1.29 is 19.1 Å². The van der Waals surface area contributed by atoms with Gasteiger partial charge in [0.15, 0.2) is 0 Å². The van der Waals surface area contributed by atoms with Crippen LogP contribution in [0.4, 0.5) is 5.69 Å². The van der Waals surface area contributed by atoms with E-state index in [1.165, 1.54) is 18.9 Å². The molecule has 1 aromatic carbocycles. The first-order chi connectivity index (χ1) is 10.5. The van der Waals surface area contributed by atoms with Crippen molar-refractivity contribution in [2.45, 2.75) is 26.7 Å². The van der Waals surface area contributed by atoms with Gasteiger partial charge in [-0.25, -0.2) is 4.79 Å². The molecule has 0 aliphatic carbocycles. The summed E-state index contributed by atoms with van der Waals surface area (Å²) in [6.45, 7) is 4.28. The summed E-state index contributed by atoms with van der Waals surface area (Å²) in [6.07, 6.45) is 1.07. The van der Waals surface area contributed by atoms with E-state index in [1.807, 2.05) is 6.92 Å². The van der Waals surface area contributed by atoms with Crippen LogP contribution in [0, 0.1) is 0 Å². The lowest BCUT2D eigenvalue weighted by atomic mass is 10.2. The highest BCUT2D eigenvalue weighted by Gasteiger charge is 2.15. The Labute approximate surface area is 130 Å². The monoisotopic (exact) mass is 306 g/mol. The number of hydrogen-bond donors (Lipinski definition) is 1. The van der Waals surface area contributed by atoms with Gasteiger partial charge in [-0.15, -0.1) is 0 Å². The fourth-order valence-electron chi connectivity index (χ4n) is 1.95. The second-order valence-electron chi connectivity index (χ2n) is 4.81. The SMILES string of the molecule is CCCNC(=O)CCN(C(C)=O)c1cccc(C(=O)OC)c1. The summed E-state index contributed by atoms with van der Waals surface area (Å²) in [7, 11) is 1.30. The largest absolute Gasteiger partial charge is 0.465 e. The maximum atomic E-state index is 11.8. The predicted molar refractivity (Wildman–Crippen MR) is 83.7 cm³/mol. The highest BCUT2D eigenvalue weighted by Crippen LogP contribution is 2.17. The van der Waals surface area contributed by atoms with Gasteiger partial charge in [-0.05, 0) is 24.6 Å². The fraction of sp³-hybridized carbons (Fsp3) is 0.438. The number of esters is 1. The van der Waals surface area contributed by atoms with Gasteiger partial charge in [0.2, 0.25) is 11.8 Å². The second-order valence-corrected chi connectivity index (χ2v) is 4.81. The Kier molecular flexibility index (Phi) is 7.08. The van der Waals surface area contributed by atoms with Crippen molar-refractivity contribution in [1.29, 1.82) is 0 Å². The van der Waals surface area contributed by atoms with Crippen molar-refractivity contribution in [2.24, 2.45) is 0 Å². The molecule has 0 radical (unpaired) electrons. The van der Waals surface area contributed by atoms with E-state index in [0.717, 1.165) is 6.42 Å². The van der Waals surface area contributed by atoms with Gasteiger partial charge >= 0.3 is 5.97 Å². The van der Waals surface area contributed by atoms with Crippen molar-refractivity contribution >= 4 is 23.5 Å². The van der Waals surface area contributed by atoms with E-state index in [1.54, 1.807) is 24.3 Å². The Morgan fingerprint density at radius 1 is 1.27 bits per heavy atom. The van der Waals surface area contributed by atoms with Crippen molar-refractivity contribution in [3.8, 4) is 0 Å². The zero-order valence-corrected chi connectivity index (χ0v) is 13.2. The molecule has 0 bridgehead atoms. The first kappa shape index (κ1) is 17.7. The molecular weight excluding hydrogens is 284 g/mol. The molecule has 2 amide bonds. The van der Waals surface area contributed by atoms with Crippen molar-refractivity contribution in [3.63, 3.8) is 0 Å². The highest BCUT2D eigenvalue weighted by molar-refractivity contribution is 5.95. The van der Waals surface area contributed by atoms with Crippen LogP contribution in [-0.2, 0) is 14.3 Å². The minimum absolute atomic E-state index is 0.0998. The van der Waals surface area contributed by atoms with Crippen LogP contribution in [-0.4, -0.2) is 38.0 Å². The van der Waals surface area contributed by atoms with Crippen LogP contribution in [0.2, 0.25) is 0 Å². The molecule has 0 saturated heterocycles. The van der Waals surface area contributed by atoms with E-state index in [2.05, 4.69) is 10.1 Å². The third-order valence-electron chi connectivity index (χ3n) is 3.09. The minimum Gasteiger partial charge on any atom is -0.465 e. The number of methoxy groups -OCH3 is 1. The smallest absolute Gasteiger partial charge is 0.337 e. The molecule has 22 heavy (non-hydrogen) atoms. The van der Waals surface area contributed by atoms with Crippen molar-refractivity contribution in [3.05, 3.63) is 29.8 Å². The van der Waals surface area contributed by atoms with Crippen LogP contribution >= 0.6 is 0 Å². The van der Waals surface area contributed by atoms with Gasteiger partial charge in [-0.1, -0.05) is 13.0 Å². The molecular formula is C16H22N2O4. The van der Waals surface area contributed by atoms with Gasteiger partial charge in [-0.2, -0.15) is 0 Å². The first-order valence-corrected chi connectivity index (χ1v) is 7.22. The molecule has 0 heterocycles. The van der Waals surface area contributed by atoms with Gasteiger partial charge in [-0.3, -0.25) is 9.59 Å². The zero-order valence-electron chi connectivity index (χ0n) is 13.2. The number of anilines is 1. The van der Waals surface area contributed by atoms with Gasteiger partial charge in [0.05, 0.1) is 12.7 Å². The standard InChI is InChI=1S/C16H22N2O4/c1-4-9-17-15(20)8-10-18(12(2)19)14-7-5-6-13(11-14)16(21)22-3/h5-7,11H,4,8-10H2,1-3H3,(H,17,20). The molecule has 1 aromatic rings. The molecule has 120 valence electrons. The molecule has 0 atom stereocenters. The van der Waals surface area contributed by atoms with Crippen LogP contribution in [0.25, 0.3) is 0 Å². The average molecular weight is 306 g/mol. The van der Waals surface area contributed by atoms with E-state index < -0.39 is 5.97 Å². The summed E-state index contributed by atoms with van der Waals surface area (Å²) in [5.41, 5.74) is 0.931. The van der Waals surface area contributed by atoms with Crippen LogP contribution < -0.4 is 10.2 Å². The Hall–Kier alpha value is -2.37. The van der Waals surface area contributed by atoms with E-state index in [-0.39, 0.29) is 24.8 Å². The van der Waals surface area contributed by atoms with E-state index in [9.17, 15) is 14.4 Å². The van der Waals surface area contributed by atoms with E-state index in [0.29, 0.717) is 17.8 Å². The molecule has 0 spiro atoms. The zero-order chi connectivity index (χ0) is 16.5. The molecule has 0 saturated carbocycles. The van der Waals surface area contributed by atoms with Crippen LogP contribution in [0.1, 0.15) is 37.0 Å². The van der Waals surface area contributed by atoms with Crippen molar-refractivity contribution in [2.75, 3.05) is 25.1 Å². The second kappa shape index (κ2) is 8.81. The Morgan fingerprint density at radius 3 is 2.59 bits per heavy atom. The summed E-state index contributed by atoms with van der Waals surface area (Å²) < 4.78 is 4.67. The van der Waals surface area contributed by atoms with Gasteiger partial charge < -0.3 is 15.0 Å². The Morgan fingerprint density at radius 2 is 2.00 bits per heavy atom. The topological polar surface area (TPSA) is 75.7 Å². The molecule has 0 aliphatic rings. The molecule has 1 rings (SSSR count). The normalized spacial score (nSPS) is 9.95. The number of nitrogens with zero attached hydrogens (tertiary/aromatic N) is 1. The summed E-state index contributed by atoms with van der Waals surface area (Å²) in [4.78, 5) is 36.5.